The number of halogens is 1. The number of benzene rings is 2. The maximum atomic E-state index is 12.9. The Balaban J connectivity index is 2.49. The van der Waals surface area contributed by atoms with Crippen molar-refractivity contribution >= 4 is 35.0 Å². The number of carbonyl (C=O) groups is 3. The highest BCUT2D eigenvalue weighted by Crippen LogP contribution is 2.28. The second kappa shape index (κ2) is 8.41. The van der Waals surface area contributed by atoms with Crippen molar-refractivity contribution < 1.29 is 28.8 Å². The molecule has 0 aromatic heterocycles. The van der Waals surface area contributed by atoms with E-state index in [0.717, 1.165) is 13.8 Å². The predicted octanol–water partition coefficient (Wildman–Crippen LogP) is 3.60. The number of nitrogens with zero attached hydrogens (tertiary/aromatic N) is 1. The van der Waals surface area contributed by atoms with E-state index in [1.165, 1.54) is 42.5 Å². The van der Waals surface area contributed by atoms with Gasteiger partial charge in [0.2, 0.25) is 0 Å². The summed E-state index contributed by atoms with van der Waals surface area (Å²) in [4.78, 5) is 45.7. The molecule has 0 aliphatic rings. The Morgan fingerprint density at radius 2 is 1.56 bits per heavy atom. The first-order valence-electron chi connectivity index (χ1n) is 7.62. The Labute approximate surface area is 158 Å². The van der Waals surface area contributed by atoms with Gasteiger partial charge in [-0.25, -0.2) is 0 Å². The second-order valence-electron chi connectivity index (χ2n) is 5.42. The van der Waals surface area contributed by atoms with Crippen molar-refractivity contribution in [3.63, 3.8) is 0 Å². The van der Waals surface area contributed by atoms with Gasteiger partial charge in [0.1, 0.15) is 0 Å². The van der Waals surface area contributed by atoms with Gasteiger partial charge in [0.15, 0.2) is 5.78 Å². The summed E-state index contributed by atoms with van der Waals surface area (Å²) < 4.78 is 10.00. The van der Waals surface area contributed by atoms with Gasteiger partial charge in [-0.3, -0.25) is 24.5 Å². The molecule has 0 spiro atoms. The third kappa shape index (κ3) is 5.11. The SMILES string of the molecule is CC(=O)OC(OC(C)=O)c1ccc(Cl)cc1C(=O)c1ccc([N+](=O)[O-])cc1. The molecular weight excluding hydrogens is 378 g/mol. The maximum Gasteiger partial charge on any atom is 0.305 e. The number of ketones is 1. The zero-order valence-corrected chi connectivity index (χ0v) is 15.1. The molecule has 0 radical (unpaired) electrons. The van der Waals surface area contributed by atoms with Gasteiger partial charge in [-0.15, -0.1) is 0 Å². The lowest BCUT2D eigenvalue weighted by Crippen LogP contribution is -2.18. The lowest BCUT2D eigenvalue weighted by atomic mass is 9.97. The molecule has 2 aromatic carbocycles. The van der Waals surface area contributed by atoms with E-state index in [1.54, 1.807) is 0 Å². The molecule has 0 saturated heterocycles. The van der Waals surface area contributed by atoms with Crippen LogP contribution in [0.2, 0.25) is 5.02 Å². The summed E-state index contributed by atoms with van der Waals surface area (Å²) in [5.74, 6) is -1.97. The van der Waals surface area contributed by atoms with Gasteiger partial charge >= 0.3 is 11.9 Å². The Kier molecular flexibility index (Phi) is 6.25. The summed E-state index contributed by atoms with van der Waals surface area (Å²) in [5, 5.41) is 11.0. The number of nitro benzene ring substituents is 1. The fourth-order valence-corrected chi connectivity index (χ4v) is 2.45. The third-order valence-corrected chi connectivity index (χ3v) is 3.64. The smallest absolute Gasteiger partial charge is 0.305 e. The van der Waals surface area contributed by atoms with Crippen LogP contribution in [0.1, 0.15) is 41.6 Å². The molecule has 140 valence electrons. The van der Waals surface area contributed by atoms with E-state index in [-0.39, 0.29) is 27.4 Å². The van der Waals surface area contributed by atoms with Crippen LogP contribution in [-0.4, -0.2) is 22.6 Å². The van der Waals surface area contributed by atoms with Crippen molar-refractivity contribution in [3.05, 3.63) is 74.3 Å². The minimum absolute atomic E-state index is 0.0313. The summed E-state index contributed by atoms with van der Waals surface area (Å²) in [7, 11) is 0. The van der Waals surface area contributed by atoms with E-state index in [9.17, 15) is 24.5 Å². The van der Waals surface area contributed by atoms with E-state index in [0.29, 0.717) is 0 Å². The number of ether oxygens (including phenoxy) is 2. The molecule has 0 amide bonds. The fraction of sp³-hybridized carbons (Fsp3) is 0.167. The Morgan fingerprint density at radius 3 is 2.04 bits per heavy atom. The number of esters is 2. The van der Waals surface area contributed by atoms with E-state index in [4.69, 9.17) is 21.1 Å². The zero-order chi connectivity index (χ0) is 20.1. The molecule has 0 fully saturated rings. The van der Waals surface area contributed by atoms with Crippen molar-refractivity contribution in [1.29, 1.82) is 0 Å². The Bertz CT molecular complexity index is 892. The minimum atomic E-state index is -1.44. The molecule has 2 aromatic rings. The molecule has 2 rings (SSSR count). The van der Waals surface area contributed by atoms with E-state index < -0.39 is 28.9 Å². The number of hydrogen-bond acceptors (Lipinski definition) is 7. The van der Waals surface area contributed by atoms with Crippen LogP contribution < -0.4 is 0 Å². The second-order valence-corrected chi connectivity index (χ2v) is 5.85. The highest BCUT2D eigenvalue weighted by atomic mass is 35.5. The van der Waals surface area contributed by atoms with Crippen LogP contribution in [0.3, 0.4) is 0 Å². The minimum Gasteiger partial charge on any atom is -0.421 e. The van der Waals surface area contributed by atoms with Crippen molar-refractivity contribution in [2.75, 3.05) is 0 Å². The first-order valence-corrected chi connectivity index (χ1v) is 8.00. The number of hydrogen-bond donors (Lipinski definition) is 0. The zero-order valence-electron chi connectivity index (χ0n) is 14.3. The summed E-state index contributed by atoms with van der Waals surface area (Å²) in [6, 6.07) is 9.14. The number of rotatable bonds is 6. The number of non-ortho nitro benzene ring substituents is 1. The van der Waals surface area contributed by atoms with E-state index in [1.807, 2.05) is 0 Å². The van der Waals surface area contributed by atoms with Crippen LogP contribution in [0.4, 0.5) is 5.69 Å². The molecule has 0 aliphatic carbocycles. The highest BCUT2D eigenvalue weighted by Gasteiger charge is 2.25. The number of nitro groups is 1. The molecular formula is C18H14ClNO7. The Hall–Kier alpha value is -3.26. The average molecular weight is 392 g/mol. The monoisotopic (exact) mass is 391 g/mol. The van der Waals surface area contributed by atoms with Crippen LogP contribution in [-0.2, 0) is 19.1 Å². The molecule has 0 atom stereocenters. The Morgan fingerprint density at radius 1 is 1.00 bits per heavy atom. The van der Waals surface area contributed by atoms with Gasteiger partial charge in [0.25, 0.3) is 12.0 Å². The molecule has 27 heavy (non-hydrogen) atoms. The molecule has 0 unspecified atom stereocenters. The van der Waals surface area contributed by atoms with E-state index >= 15 is 0 Å². The van der Waals surface area contributed by atoms with Gasteiger partial charge in [0.05, 0.1) is 4.92 Å². The average Bonchev–Trinajstić information content (AvgIpc) is 2.59. The maximum absolute atomic E-state index is 12.9. The normalized spacial score (nSPS) is 10.4. The molecule has 0 bridgehead atoms. The van der Waals surface area contributed by atoms with Gasteiger partial charge in [0, 0.05) is 47.7 Å². The molecule has 0 saturated carbocycles. The predicted molar refractivity (Wildman–Crippen MR) is 94.3 cm³/mol. The van der Waals surface area contributed by atoms with E-state index in [2.05, 4.69) is 0 Å². The van der Waals surface area contributed by atoms with Crippen LogP contribution in [0.15, 0.2) is 42.5 Å². The van der Waals surface area contributed by atoms with Gasteiger partial charge in [-0.05, 0) is 30.3 Å². The summed E-state index contributed by atoms with van der Waals surface area (Å²) in [5.41, 5.74) is 0.126. The summed E-state index contributed by atoms with van der Waals surface area (Å²) in [6.45, 7) is 2.26. The van der Waals surface area contributed by atoms with Crippen molar-refractivity contribution in [2.24, 2.45) is 0 Å². The van der Waals surface area contributed by atoms with Crippen molar-refractivity contribution in [3.8, 4) is 0 Å². The first kappa shape index (κ1) is 20.1. The molecule has 9 heteroatoms. The lowest BCUT2D eigenvalue weighted by molar-refractivity contribution is -0.384. The van der Waals surface area contributed by atoms with Gasteiger partial charge in [-0.2, -0.15) is 0 Å². The first-order chi connectivity index (χ1) is 12.7. The van der Waals surface area contributed by atoms with Gasteiger partial charge in [-0.1, -0.05) is 11.6 Å². The quantitative estimate of drug-likeness (QED) is 0.243. The van der Waals surface area contributed by atoms with Crippen LogP contribution in [0, 0.1) is 10.1 Å². The van der Waals surface area contributed by atoms with Crippen LogP contribution in [0.25, 0.3) is 0 Å². The fourth-order valence-electron chi connectivity index (χ4n) is 2.27. The van der Waals surface area contributed by atoms with Crippen LogP contribution >= 0.6 is 11.6 Å². The summed E-state index contributed by atoms with van der Waals surface area (Å²) >= 11 is 5.97. The molecule has 0 aliphatic heterocycles. The molecule has 0 N–H and O–H groups in total. The van der Waals surface area contributed by atoms with Crippen molar-refractivity contribution in [2.45, 2.75) is 20.1 Å². The largest absolute Gasteiger partial charge is 0.421 e. The number of carbonyl (C=O) groups excluding carboxylic acids is 3. The van der Waals surface area contributed by atoms with Gasteiger partial charge < -0.3 is 9.47 Å². The van der Waals surface area contributed by atoms with Crippen molar-refractivity contribution in [1.82, 2.24) is 0 Å². The molecule has 0 heterocycles. The summed E-state index contributed by atoms with van der Waals surface area (Å²) in [6.07, 6.45) is -1.44. The highest BCUT2D eigenvalue weighted by molar-refractivity contribution is 6.31. The molecule has 8 nitrogen and oxygen atoms in total. The lowest BCUT2D eigenvalue weighted by Gasteiger charge is -2.19. The topological polar surface area (TPSA) is 113 Å². The van der Waals surface area contributed by atoms with Crippen LogP contribution in [0.5, 0.6) is 0 Å². The third-order valence-electron chi connectivity index (χ3n) is 3.40. The standard InChI is InChI=1S/C18H14ClNO7/c1-10(21)26-18(27-11(2)22)15-8-5-13(19)9-16(15)17(23)12-3-6-14(7-4-12)20(24)25/h3-9,18H,1-2H3.